The van der Waals surface area contributed by atoms with Crippen LogP contribution >= 0.6 is 0 Å². The van der Waals surface area contributed by atoms with E-state index in [0.717, 1.165) is 22.6 Å². The van der Waals surface area contributed by atoms with Crippen LogP contribution in [0.25, 0.3) is 0 Å². The van der Waals surface area contributed by atoms with Crippen molar-refractivity contribution in [3.05, 3.63) is 88.5 Å². The highest BCUT2D eigenvalue weighted by Crippen LogP contribution is 2.38. The van der Waals surface area contributed by atoms with Crippen molar-refractivity contribution in [3.8, 4) is 23.3 Å². The van der Waals surface area contributed by atoms with E-state index in [9.17, 15) is 37.1 Å². The number of fused-ring (bicyclic) bond motifs is 1. The summed E-state index contributed by atoms with van der Waals surface area (Å²) in [5.41, 5.74) is -1.41. The summed E-state index contributed by atoms with van der Waals surface area (Å²) in [6, 6.07) is 15.1. The summed E-state index contributed by atoms with van der Waals surface area (Å²) in [6.45, 7) is 4.76. The number of carbonyl (C=O) groups is 5. The third kappa shape index (κ3) is 7.86. The van der Waals surface area contributed by atoms with Crippen LogP contribution in [0.1, 0.15) is 64.1 Å². The molecule has 0 spiro atoms. The number of halogens is 3. The van der Waals surface area contributed by atoms with Crippen LogP contribution < -0.4 is 19.5 Å². The van der Waals surface area contributed by atoms with Gasteiger partial charge in [0.1, 0.15) is 36.5 Å². The Kier molecular flexibility index (Phi) is 10.6. The van der Waals surface area contributed by atoms with Crippen molar-refractivity contribution in [1.29, 1.82) is 5.26 Å². The number of likely N-dealkylation sites (tertiary alicyclic amines) is 1. The average Bonchev–Trinajstić information content (AvgIpc) is 3.50. The first-order chi connectivity index (χ1) is 25.7. The van der Waals surface area contributed by atoms with Gasteiger partial charge in [-0.3, -0.25) is 34.2 Å². The Morgan fingerprint density at radius 3 is 2.30 bits per heavy atom. The number of alkyl halides is 3. The third-order valence-corrected chi connectivity index (χ3v) is 9.22. The quantitative estimate of drug-likeness (QED) is 0.197. The molecule has 3 aliphatic rings. The van der Waals surface area contributed by atoms with E-state index in [1.165, 1.54) is 18.2 Å². The molecule has 1 N–H and O–H groups in total. The van der Waals surface area contributed by atoms with Crippen LogP contribution in [0.5, 0.6) is 17.2 Å². The van der Waals surface area contributed by atoms with Gasteiger partial charge in [-0.25, -0.2) is 0 Å². The summed E-state index contributed by atoms with van der Waals surface area (Å²) in [7, 11) is 0. The minimum atomic E-state index is -4.76. The van der Waals surface area contributed by atoms with Crippen LogP contribution in [0.4, 0.5) is 13.2 Å². The number of rotatable bonds is 13. The zero-order chi connectivity index (χ0) is 38.8. The second-order valence-electron chi connectivity index (χ2n) is 13.6. The molecule has 0 aromatic heterocycles. The number of piperidine rings is 1. The van der Waals surface area contributed by atoms with Crippen LogP contribution in [0.3, 0.4) is 0 Å². The van der Waals surface area contributed by atoms with Gasteiger partial charge in [-0.2, -0.15) is 18.4 Å². The molecule has 54 heavy (non-hydrogen) atoms. The molecule has 2 atom stereocenters. The van der Waals surface area contributed by atoms with Gasteiger partial charge in [-0.15, -0.1) is 0 Å². The van der Waals surface area contributed by atoms with Gasteiger partial charge in [0.15, 0.2) is 6.10 Å². The van der Waals surface area contributed by atoms with Gasteiger partial charge >= 0.3 is 6.18 Å². The normalized spacial score (nSPS) is 19.4. The number of ether oxygens (including phenoxy) is 4. The Morgan fingerprint density at radius 2 is 1.61 bits per heavy atom. The summed E-state index contributed by atoms with van der Waals surface area (Å²) in [4.78, 5) is 65.8. The van der Waals surface area contributed by atoms with Crippen molar-refractivity contribution in [2.75, 3.05) is 33.0 Å². The number of carbonyl (C=O) groups excluding carboxylic acids is 5. The monoisotopic (exact) mass is 748 g/mol. The standard InChI is InChI=1S/C38H35F3N4O9/c1-37(2)21-44(36(50)32(37)54-25-11-8-23(19-42)27(18-25)38(39,40)41)20-22-6-9-24(10-7-22)52-16-14-51-15-17-53-29-5-3-4-26-31(29)35(49)45(34(26)48)28-12-13-30(46)43-33(28)47/h3-11,18,28,32H,12-17,20-21H2,1-2H3,(H,43,46,47). The predicted octanol–water partition coefficient (Wildman–Crippen LogP) is 4.27. The summed E-state index contributed by atoms with van der Waals surface area (Å²) in [5, 5.41) is 11.2. The number of imide groups is 2. The van der Waals surface area contributed by atoms with E-state index in [1.807, 2.05) is 0 Å². The predicted molar refractivity (Wildman–Crippen MR) is 181 cm³/mol. The fraction of sp³-hybridized carbons (Fsp3) is 0.368. The molecule has 0 radical (unpaired) electrons. The average molecular weight is 749 g/mol. The number of benzene rings is 3. The van der Waals surface area contributed by atoms with Crippen LogP contribution in [-0.2, 0) is 31.8 Å². The molecule has 2 saturated heterocycles. The molecular formula is C38H35F3N4O9. The second kappa shape index (κ2) is 15.2. The van der Waals surface area contributed by atoms with Crippen molar-refractivity contribution < 1.29 is 56.1 Å². The van der Waals surface area contributed by atoms with E-state index in [4.69, 9.17) is 24.2 Å². The molecule has 16 heteroatoms. The van der Waals surface area contributed by atoms with E-state index in [2.05, 4.69) is 5.32 Å². The van der Waals surface area contributed by atoms with Crippen molar-refractivity contribution in [2.45, 2.75) is 51.6 Å². The minimum absolute atomic E-state index is 0.0169. The zero-order valence-corrected chi connectivity index (χ0v) is 29.2. The lowest BCUT2D eigenvalue weighted by atomic mass is 9.89. The Balaban J connectivity index is 0.939. The smallest absolute Gasteiger partial charge is 0.417 e. The molecule has 5 amide bonds. The molecule has 2 unspecified atom stereocenters. The number of hydrogen-bond donors (Lipinski definition) is 1. The first-order valence-electron chi connectivity index (χ1n) is 17.0. The van der Waals surface area contributed by atoms with Crippen molar-refractivity contribution in [1.82, 2.24) is 15.1 Å². The molecule has 13 nitrogen and oxygen atoms in total. The van der Waals surface area contributed by atoms with Crippen molar-refractivity contribution in [2.24, 2.45) is 5.41 Å². The molecule has 6 rings (SSSR count). The van der Waals surface area contributed by atoms with Crippen LogP contribution in [-0.4, -0.2) is 84.5 Å². The molecule has 0 aliphatic carbocycles. The maximum absolute atomic E-state index is 13.5. The first kappa shape index (κ1) is 37.8. The molecule has 3 heterocycles. The first-order valence-corrected chi connectivity index (χ1v) is 17.0. The molecule has 2 fully saturated rings. The number of hydrogen-bond acceptors (Lipinski definition) is 10. The minimum Gasteiger partial charge on any atom is -0.491 e. The van der Waals surface area contributed by atoms with Crippen LogP contribution in [0.15, 0.2) is 60.7 Å². The number of nitriles is 1. The highest BCUT2D eigenvalue weighted by molar-refractivity contribution is 6.24. The molecular weight excluding hydrogens is 713 g/mol. The van der Waals surface area contributed by atoms with E-state index in [0.29, 0.717) is 12.3 Å². The maximum atomic E-state index is 13.5. The molecule has 3 aliphatic heterocycles. The summed E-state index contributed by atoms with van der Waals surface area (Å²) in [5.74, 6) is -2.24. The van der Waals surface area contributed by atoms with Gasteiger partial charge in [-0.1, -0.05) is 32.0 Å². The number of nitrogens with one attached hydrogen (secondary N) is 1. The van der Waals surface area contributed by atoms with Gasteiger partial charge in [0.25, 0.3) is 17.7 Å². The molecule has 3 aromatic carbocycles. The topological polar surface area (TPSA) is 165 Å². The summed E-state index contributed by atoms with van der Waals surface area (Å²) < 4.78 is 63.3. The van der Waals surface area contributed by atoms with Gasteiger partial charge < -0.3 is 23.8 Å². The largest absolute Gasteiger partial charge is 0.491 e. The summed E-state index contributed by atoms with van der Waals surface area (Å²) >= 11 is 0. The molecule has 0 saturated carbocycles. The van der Waals surface area contributed by atoms with Crippen LogP contribution in [0, 0.1) is 16.7 Å². The fourth-order valence-corrected chi connectivity index (χ4v) is 6.61. The lowest BCUT2D eigenvalue weighted by molar-refractivity contribution is -0.138. The highest BCUT2D eigenvalue weighted by Gasteiger charge is 2.49. The molecule has 3 aromatic rings. The Bertz CT molecular complexity index is 2030. The fourth-order valence-electron chi connectivity index (χ4n) is 6.61. The third-order valence-electron chi connectivity index (χ3n) is 9.22. The Labute approximate surface area is 307 Å². The van der Waals surface area contributed by atoms with E-state index < -0.39 is 58.5 Å². The lowest BCUT2D eigenvalue weighted by Crippen LogP contribution is -2.54. The van der Waals surface area contributed by atoms with Gasteiger partial charge in [0, 0.05) is 24.9 Å². The maximum Gasteiger partial charge on any atom is 0.417 e. The van der Waals surface area contributed by atoms with Crippen molar-refractivity contribution in [3.63, 3.8) is 0 Å². The van der Waals surface area contributed by atoms with Gasteiger partial charge in [0.2, 0.25) is 11.8 Å². The highest BCUT2D eigenvalue weighted by atomic mass is 19.4. The van der Waals surface area contributed by atoms with Crippen molar-refractivity contribution >= 4 is 29.5 Å². The Morgan fingerprint density at radius 1 is 0.907 bits per heavy atom. The number of amides is 5. The molecule has 282 valence electrons. The van der Waals surface area contributed by atoms with Gasteiger partial charge in [-0.05, 0) is 54.4 Å². The van der Waals surface area contributed by atoms with E-state index >= 15 is 0 Å². The van der Waals surface area contributed by atoms with Crippen LogP contribution in [0.2, 0.25) is 0 Å². The SMILES string of the molecule is CC1(C)CN(Cc2ccc(OCCOCCOc3cccc4c3C(=O)N(C3CCC(=O)NC3=O)C4=O)cc2)C(=O)C1Oc1ccc(C#N)c(C(F)(F)F)c1. The number of nitrogens with zero attached hydrogens (tertiary/aromatic N) is 3. The lowest BCUT2D eigenvalue weighted by Gasteiger charge is -2.27. The van der Waals surface area contributed by atoms with E-state index in [-0.39, 0.29) is 74.3 Å². The van der Waals surface area contributed by atoms with Gasteiger partial charge in [0.05, 0.1) is 41.5 Å². The Hall–Kier alpha value is -5.95. The molecule has 0 bridgehead atoms. The van der Waals surface area contributed by atoms with E-state index in [1.54, 1.807) is 55.1 Å². The summed E-state index contributed by atoms with van der Waals surface area (Å²) in [6.07, 6.45) is -5.72. The zero-order valence-electron chi connectivity index (χ0n) is 29.2. The second-order valence-corrected chi connectivity index (χ2v) is 13.6.